The van der Waals surface area contributed by atoms with Crippen LogP contribution in [0.15, 0.2) is 41.5 Å². The molecule has 0 radical (unpaired) electrons. The fraction of sp³-hybridized carbons (Fsp3) is 0.0833. The second-order valence-electron chi connectivity index (χ2n) is 3.77. The molecule has 2 rings (SSSR count). The average molecular weight is 315 g/mol. The molecule has 0 bridgehead atoms. The van der Waals surface area contributed by atoms with Gasteiger partial charge < -0.3 is 4.74 Å². The summed E-state index contributed by atoms with van der Waals surface area (Å²) in [6.45, 7) is 0. The van der Waals surface area contributed by atoms with Crippen LogP contribution < -0.4 is 4.74 Å². The maximum atomic E-state index is 12.5. The number of nitrogens with zero attached hydrogens (tertiary/aromatic N) is 4. The Balaban J connectivity index is 2.28. The topological polar surface area (TPSA) is 70.9 Å². The molecule has 21 heavy (non-hydrogen) atoms. The summed E-state index contributed by atoms with van der Waals surface area (Å²) in [5.41, 5.74) is 7.48. The van der Waals surface area contributed by atoms with Crippen molar-refractivity contribution in [1.29, 1.82) is 0 Å². The molecule has 0 aliphatic rings. The quantitative estimate of drug-likeness (QED) is 0.427. The lowest BCUT2D eigenvalue weighted by atomic mass is 10.3. The number of azide groups is 1. The van der Waals surface area contributed by atoms with E-state index in [0.717, 1.165) is 6.07 Å². The molecule has 0 saturated heterocycles. The molecule has 2 aromatic rings. The summed E-state index contributed by atoms with van der Waals surface area (Å²) < 4.78 is 42.8. The van der Waals surface area contributed by atoms with Crippen molar-refractivity contribution in [3.05, 3.63) is 57.6 Å². The zero-order valence-corrected chi connectivity index (χ0v) is 10.9. The zero-order valence-electron chi connectivity index (χ0n) is 10.2. The number of pyridine rings is 1. The van der Waals surface area contributed by atoms with Crippen molar-refractivity contribution in [2.24, 2.45) is 5.11 Å². The minimum atomic E-state index is -4.56. The minimum Gasteiger partial charge on any atom is -0.437 e. The van der Waals surface area contributed by atoms with Crippen molar-refractivity contribution in [2.45, 2.75) is 6.18 Å². The number of ether oxygens (including phenoxy) is 1. The SMILES string of the molecule is [N-]=[N+]=Nc1ccc(Oc2cccc(C(F)(F)F)n2)c(Cl)c1. The molecule has 0 fully saturated rings. The van der Waals surface area contributed by atoms with E-state index in [2.05, 4.69) is 15.0 Å². The van der Waals surface area contributed by atoms with E-state index < -0.39 is 11.9 Å². The van der Waals surface area contributed by atoms with Gasteiger partial charge in [-0.2, -0.15) is 13.2 Å². The van der Waals surface area contributed by atoms with Crippen molar-refractivity contribution >= 4 is 17.3 Å². The second kappa shape index (κ2) is 5.90. The maximum Gasteiger partial charge on any atom is 0.433 e. The number of hydrogen-bond donors (Lipinski definition) is 0. The lowest BCUT2D eigenvalue weighted by Gasteiger charge is -2.10. The summed E-state index contributed by atoms with van der Waals surface area (Å²) in [4.78, 5) is 5.94. The number of rotatable bonds is 3. The summed E-state index contributed by atoms with van der Waals surface area (Å²) in [7, 11) is 0. The van der Waals surface area contributed by atoms with Crippen LogP contribution in [0.2, 0.25) is 5.02 Å². The molecule has 1 heterocycles. The Bertz CT molecular complexity index is 714. The van der Waals surface area contributed by atoms with Crippen LogP contribution >= 0.6 is 11.6 Å². The Morgan fingerprint density at radius 3 is 2.62 bits per heavy atom. The van der Waals surface area contributed by atoms with Crippen LogP contribution in [0.1, 0.15) is 5.69 Å². The molecular formula is C12H6ClF3N4O. The van der Waals surface area contributed by atoms with Gasteiger partial charge in [-0.15, -0.1) is 0 Å². The molecule has 0 amide bonds. The Morgan fingerprint density at radius 2 is 2.00 bits per heavy atom. The number of benzene rings is 1. The number of hydrogen-bond acceptors (Lipinski definition) is 3. The monoisotopic (exact) mass is 314 g/mol. The van der Waals surface area contributed by atoms with Crippen LogP contribution in [-0.2, 0) is 6.18 Å². The first-order valence-electron chi connectivity index (χ1n) is 5.47. The lowest BCUT2D eigenvalue weighted by Crippen LogP contribution is -2.07. The first kappa shape index (κ1) is 15.0. The highest BCUT2D eigenvalue weighted by Crippen LogP contribution is 2.33. The van der Waals surface area contributed by atoms with Crippen molar-refractivity contribution in [3.63, 3.8) is 0 Å². The van der Waals surface area contributed by atoms with Crippen LogP contribution in [0, 0.1) is 0 Å². The molecule has 0 atom stereocenters. The molecule has 0 unspecified atom stereocenters. The van der Waals surface area contributed by atoms with E-state index >= 15 is 0 Å². The average Bonchev–Trinajstić information content (AvgIpc) is 2.42. The smallest absolute Gasteiger partial charge is 0.433 e. The third-order valence-electron chi connectivity index (χ3n) is 2.30. The third-order valence-corrected chi connectivity index (χ3v) is 2.60. The number of alkyl halides is 3. The highest BCUT2D eigenvalue weighted by molar-refractivity contribution is 6.32. The minimum absolute atomic E-state index is 0.0825. The Morgan fingerprint density at radius 1 is 1.24 bits per heavy atom. The predicted molar refractivity (Wildman–Crippen MR) is 69.6 cm³/mol. The third kappa shape index (κ3) is 3.77. The molecule has 5 nitrogen and oxygen atoms in total. The molecule has 0 aliphatic carbocycles. The Kier molecular flexibility index (Phi) is 4.21. The van der Waals surface area contributed by atoms with Gasteiger partial charge in [-0.05, 0) is 29.8 Å². The van der Waals surface area contributed by atoms with Gasteiger partial charge in [0.05, 0.1) is 5.02 Å². The normalized spacial score (nSPS) is 10.9. The van der Waals surface area contributed by atoms with E-state index in [1.54, 1.807) is 0 Å². The predicted octanol–water partition coefficient (Wildman–Crippen LogP) is 5.49. The van der Waals surface area contributed by atoms with Gasteiger partial charge in [0, 0.05) is 16.7 Å². The largest absolute Gasteiger partial charge is 0.437 e. The van der Waals surface area contributed by atoms with Gasteiger partial charge in [-0.25, -0.2) is 4.98 Å². The highest BCUT2D eigenvalue weighted by Gasteiger charge is 2.32. The van der Waals surface area contributed by atoms with E-state index in [1.807, 2.05) is 0 Å². The number of aromatic nitrogens is 1. The van der Waals surface area contributed by atoms with Gasteiger partial charge in [0.25, 0.3) is 0 Å². The highest BCUT2D eigenvalue weighted by atomic mass is 35.5. The van der Waals surface area contributed by atoms with Gasteiger partial charge in [0.2, 0.25) is 5.88 Å². The molecule has 1 aromatic carbocycles. The summed E-state index contributed by atoms with van der Waals surface area (Å²) in [6, 6.07) is 7.38. The van der Waals surface area contributed by atoms with E-state index in [4.69, 9.17) is 21.9 Å². The first-order valence-corrected chi connectivity index (χ1v) is 5.85. The van der Waals surface area contributed by atoms with Crippen LogP contribution in [-0.4, -0.2) is 4.98 Å². The standard InChI is InChI=1S/C12H6ClF3N4O/c13-8-6-7(19-20-17)4-5-9(8)21-11-3-1-2-10(18-11)12(14,15)16/h1-6H. The fourth-order valence-corrected chi connectivity index (χ4v) is 1.64. The maximum absolute atomic E-state index is 12.5. The van der Waals surface area contributed by atoms with Crippen LogP contribution in [0.25, 0.3) is 10.4 Å². The van der Waals surface area contributed by atoms with Crippen molar-refractivity contribution in [2.75, 3.05) is 0 Å². The van der Waals surface area contributed by atoms with Crippen molar-refractivity contribution < 1.29 is 17.9 Å². The van der Waals surface area contributed by atoms with Crippen molar-refractivity contribution in [3.8, 4) is 11.6 Å². The molecule has 1 aromatic heterocycles. The zero-order chi connectivity index (χ0) is 15.5. The summed E-state index contributed by atoms with van der Waals surface area (Å²) in [6.07, 6.45) is -4.56. The fourth-order valence-electron chi connectivity index (χ4n) is 1.43. The van der Waals surface area contributed by atoms with E-state index in [9.17, 15) is 13.2 Å². The number of halogens is 4. The van der Waals surface area contributed by atoms with Crippen LogP contribution in [0.4, 0.5) is 18.9 Å². The van der Waals surface area contributed by atoms with Gasteiger partial charge in [0.15, 0.2) is 0 Å². The van der Waals surface area contributed by atoms with Gasteiger partial charge in [-0.3, -0.25) is 0 Å². The summed E-state index contributed by atoms with van der Waals surface area (Å²) in [5, 5.41) is 3.42. The summed E-state index contributed by atoms with van der Waals surface area (Å²) >= 11 is 5.89. The van der Waals surface area contributed by atoms with Crippen LogP contribution in [0.5, 0.6) is 11.6 Å². The molecule has 9 heteroatoms. The molecule has 108 valence electrons. The first-order chi connectivity index (χ1) is 9.90. The van der Waals surface area contributed by atoms with E-state index in [0.29, 0.717) is 0 Å². The second-order valence-corrected chi connectivity index (χ2v) is 4.17. The molecule has 0 spiro atoms. The Labute approximate surface area is 121 Å². The van der Waals surface area contributed by atoms with E-state index in [1.165, 1.54) is 30.3 Å². The lowest BCUT2D eigenvalue weighted by molar-refractivity contribution is -0.141. The van der Waals surface area contributed by atoms with Gasteiger partial charge in [0.1, 0.15) is 11.4 Å². The van der Waals surface area contributed by atoms with Crippen LogP contribution in [0.3, 0.4) is 0 Å². The summed E-state index contributed by atoms with van der Waals surface area (Å²) in [5.74, 6) is -0.149. The van der Waals surface area contributed by atoms with Gasteiger partial charge in [-0.1, -0.05) is 22.8 Å². The van der Waals surface area contributed by atoms with Gasteiger partial charge >= 0.3 is 6.18 Å². The van der Waals surface area contributed by atoms with E-state index in [-0.39, 0.29) is 22.3 Å². The van der Waals surface area contributed by atoms with Crippen molar-refractivity contribution in [1.82, 2.24) is 4.98 Å². The molecule has 0 N–H and O–H groups in total. The molecule has 0 saturated carbocycles. The molecule has 0 aliphatic heterocycles. The molecular weight excluding hydrogens is 309 g/mol. The Hall–Kier alpha value is -2.44.